The minimum Gasteiger partial charge on any atom is -0.340 e. The van der Waals surface area contributed by atoms with Gasteiger partial charge in [0.15, 0.2) is 0 Å². The van der Waals surface area contributed by atoms with Crippen molar-refractivity contribution < 1.29 is 8.42 Å². The molecule has 0 saturated carbocycles. The number of rotatable bonds is 6. The number of aromatic nitrogens is 1. The fourth-order valence-electron chi connectivity index (χ4n) is 2.59. The molecule has 0 amide bonds. The molecule has 7 heteroatoms. The number of hydrogen-bond acceptors (Lipinski definition) is 4. The van der Waals surface area contributed by atoms with Gasteiger partial charge >= 0.3 is 0 Å². The first-order valence-electron chi connectivity index (χ1n) is 7.74. The smallest absolute Gasteiger partial charge is 0.245 e. The lowest BCUT2D eigenvalue weighted by molar-refractivity contribution is 0.302. The maximum atomic E-state index is 12.8. The van der Waals surface area contributed by atoms with Gasteiger partial charge in [-0.25, -0.2) is 13.4 Å². The average molecular weight is 368 g/mol. The number of nitrogens with zero attached hydrogens (tertiary/aromatic N) is 2. The third kappa shape index (κ3) is 4.26. The summed E-state index contributed by atoms with van der Waals surface area (Å²) < 4.78 is 27.0. The quantitative estimate of drug-likeness (QED) is 0.827. The Morgan fingerprint density at radius 3 is 2.25 bits per heavy atom. The minimum absolute atomic E-state index is 0.126. The Labute approximate surface area is 148 Å². The molecule has 0 unspecified atom stereocenters. The fourth-order valence-corrected chi connectivity index (χ4v) is 4.56. The van der Waals surface area contributed by atoms with Gasteiger partial charge in [0.25, 0.3) is 0 Å². The Kier molecular flexibility index (Phi) is 5.85. The van der Waals surface area contributed by atoms with Crippen LogP contribution in [0.15, 0.2) is 47.5 Å². The van der Waals surface area contributed by atoms with Crippen LogP contribution in [-0.2, 0) is 10.0 Å². The standard InChI is InChI=1S/C17H22ClN3O2S/c1-12(2)21(13(3)4)24(22,23)16-8-9-17(19-11-16)20-15-7-5-6-14(18)10-15/h5-13H,1-4H3,(H,19,20). The molecule has 0 aliphatic heterocycles. The molecule has 2 rings (SSSR count). The molecule has 5 nitrogen and oxygen atoms in total. The number of benzene rings is 1. The highest BCUT2D eigenvalue weighted by atomic mass is 35.5. The van der Waals surface area contributed by atoms with E-state index in [9.17, 15) is 8.42 Å². The summed E-state index contributed by atoms with van der Waals surface area (Å²) in [6.45, 7) is 7.44. The van der Waals surface area contributed by atoms with Gasteiger partial charge in [-0.05, 0) is 58.0 Å². The van der Waals surface area contributed by atoms with Crippen LogP contribution < -0.4 is 5.32 Å². The number of hydrogen-bond donors (Lipinski definition) is 1. The number of pyridine rings is 1. The van der Waals surface area contributed by atoms with Crippen LogP contribution in [0, 0.1) is 0 Å². The number of nitrogens with one attached hydrogen (secondary N) is 1. The van der Waals surface area contributed by atoms with E-state index in [0.29, 0.717) is 10.8 Å². The lowest BCUT2D eigenvalue weighted by atomic mass is 10.3. The third-order valence-electron chi connectivity index (χ3n) is 3.43. The van der Waals surface area contributed by atoms with E-state index in [0.717, 1.165) is 5.69 Å². The first-order valence-corrected chi connectivity index (χ1v) is 9.56. The highest BCUT2D eigenvalue weighted by Crippen LogP contribution is 2.23. The van der Waals surface area contributed by atoms with Crippen LogP contribution >= 0.6 is 11.6 Å². The zero-order valence-corrected chi connectivity index (χ0v) is 15.8. The second-order valence-electron chi connectivity index (χ2n) is 6.04. The van der Waals surface area contributed by atoms with E-state index in [4.69, 9.17) is 11.6 Å². The van der Waals surface area contributed by atoms with Gasteiger partial charge in [-0.15, -0.1) is 0 Å². The van der Waals surface area contributed by atoms with Crippen molar-refractivity contribution >= 4 is 33.1 Å². The Morgan fingerprint density at radius 1 is 1.08 bits per heavy atom. The van der Waals surface area contributed by atoms with Crippen LogP contribution in [0.1, 0.15) is 27.7 Å². The van der Waals surface area contributed by atoms with Crippen LogP contribution in [0.4, 0.5) is 11.5 Å². The first kappa shape index (κ1) is 18.7. The Balaban J connectivity index is 2.25. The largest absolute Gasteiger partial charge is 0.340 e. The second kappa shape index (κ2) is 7.51. The molecule has 0 radical (unpaired) electrons. The fraction of sp³-hybridized carbons (Fsp3) is 0.353. The summed E-state index contributed by atoms with van der Waals surface area (Å²) in [4.78, 5) is 4.39. The van der Waals surface area contributed by atoms with Crippen molar-refractivity contribution in [1.82, 2.24) is 9.29 Å². The van der Waals surface area contributed by atoms with Gasteiger partial charge < -0.3 is 5.32 Å². The summed E-state index contributed by atoms with van der Waals surface area (Å²) in [7, 11) is -3.57. The molecule has 0 bridgehead atoms. The van der Waals surface area contributed by atoms with E-state index in [1.54, 1.807) is 24.3 Å². The van der Waals surface area contributed by atoms with Crippen molar-refractivity contribution in [2.45, 2.75) is 44.7 Å². The van der Waals surface area contributed by atoms with Crippen molar-refractivity contribution in [2.24, 2.45) is 0 Å². The molecular weight excluding hydrogens is 346 g/mol. The normalized spacial score (nSPS) is 12.2. The van der Waals surface area contributed by atoms with E-state index in [1.165, 1.54) is 10.5 Å². The predicted molar refractivity (Wildman–Crippen MR) is 98.3 cm³/mol. The van der Waals surface area contributed by atoms with Gasteiger partial charge in [-0.2, -0.15) is 4.31 Å². The van der Waals surface area contributed by atoms with Crippen LogP contribution in [-0.4, -0.2) is 29.8 Å². The van der Waals surface area contributed by atoms with E-state index in [-0.39, 0.29) is 17.0 Å². The van der Waals surface area contributed by atoms with Gasteiger partial charge in [-0.3, -0.25) is 0 Å². The number of halogens is 1. The average Bonchev–Trinajstić information content (AvgIpc) is 2.46. The zero-order chi connectivity index (χ0) is 17.9. The molecule has 0 atom stereocenters. The lowest BCUT2D eigenvalue weighted by Gasteiger charge is -2.29. The number of sulfonamides is 1. The monoisotopic (exact) mass is 367 g/mol. The summed E-state index contributed by atoms with van der Waals surface area (Å²) in [5.41, 5.74) is 0.789. The van der Waals surface area contributed by atoms with Gasteiger partial charge in [0.05, 0.1) is 0 Å². The van der Waals surface area contributed by atoms with Crippen LogP contribution in [0.25, 0.3) is 0 Å². The minimum atomic E-state index is -3.57. The van der Waals surface area contributed by atoms with Crippen molar-refractivity contribution in [2.75, 3.05) is 5.32 Å². The van der Waals surface area contributed by atoms with Crippen LogP contribution in [0.5, 0.6) is 0 Å². The van der Waals surface area contributed by atoms with Crippen molar-refractivity contribution in [3.05, 3.63) is 47.6 Å². The second-order valence-corrected chi connectivity index (χ2v) is 8.32. The van der Waals surface area contributed by atoms with E-state index in [2.05, 4.69) is 10.3 Å². The Hall–Kier alpha value is -1.63. The molecule has 24 heavy (non-hydrogen) atoms. The van der Waals surface area contributed by atoms with Crippen molar-refractivity contribution in [3.63, 3.8) is 0 Å². The van der Waals surface area contributed by atoms with Gasteiger partial charge in [-0.1, -0.05) is 17.7 Å². The Morgan fingerprint density at radius 2 is 1.75 bits per heavy atom. The molecule has 2 aromatic rings. The molecule has 0 aliphatic carbocycles. The van der Waals surface area contributed by atoms with Crippen molar-refractivity contribution in [3.8, 4) is 0 Å². The molecular formula is C17H22ClN3O2S. The maximum absolute atomic E-state index is 12.8. The highest BCUT2D eigenvalue weighted by Gasteiger charge is 2.29. The lowest BCUT2D eigenvalue weighted by Crippen LogP contribution is -2.41. The third-order valence-corrected chi connectivity index (χ3v) is 5.90. The summed E-state index contributed by atoms with van der Waals surface area (Å²) in [6.07, 6.45) is 1.37. The molecule has 1 aromatic heterocycles. The van der Waals surface area contributed by atoms with E-state index in [1.807, 2.05) is 39.8 Å². The molecule has 1 heterocycles. The van der Waals surface area contributed by atoms with Crippen LogP contribution in [0.2, 0.25) is 5.02 Å². The molecule has 1 N–H and O–H groups in total. The summed E-state index contributed by atoms with van der Waals surface area (Å²) in [5, 5.41) is 3.71. The van der Waals surface area contributed by atoms with Gasteiger partial charge in [0.2, 0.25) is 10.0 Å². The molecule has 130 valence electrons. The molecule has 1 aromatic carbocycles. The first-order chi connectivity index (χ1) is 11.2. The van der Waals surface area contributed by atoms with Crippen LogP contribution in [0.3, 0.4) is 0 Å². The summed E-state index contributed by atoms with van der Waals surface area (Å²) >= 11 is 5.94. The predicted octanol–water partition coefficient (Wildman–Crippen LogP) is 4.29. The molecule has 0 saturated heterocycles. The highest BCUT2D eigenvalue weighted by molar-refractivity contribution is 7.89. The molecule has 0 fully saturated rings. The van der Waals surface area contributed by atoms with E-state index >= 15 is 0 Å². The van der Waals surface area contributed by atoms with Crippen molar-refractivity contribution in [1.29, 1.82) is 0 Å². The number of anilines is 2. The van der Waals surface area contributed by atoms with E-state index < -0.39 is 10.0 Å². The Bertz CT molecular complexity index is 782. The summed E-state index contributed by atoms with van der Waals surface area (Å²) in [5.74, 6) is 0.553. The zero-order valence-electron chi connectivity index (χ0n) is 14.2. The van der Waals surface area contributed by atoms with Gasteiger partial charge in [0.1, 0.15) is 10.7 Å². The molecule has 0 aliphatic rings. The summed E-state index contributed by atoms with van der Waals surface area (Å²) in [6, 6.07) is 10.2. The van der Waals surface area contributed by atoms with Gasteiger partial charge in [0, 0.05) is 29.0 Å². The SMILES string of the molecule is CC(C)N(C(C)C)S(=O)(=O)c1ccc(Nc2cccc(Cl)c2)nc1. The maximum Gasteiger partial charge on any atom is 0.245 e. The molecule has 0 spiro atoms. The topological polar surface area (TPSA) is 62.3 Å².